The quantitative estimate of drug-likeness (QED) is 0.556. The van der Waals surface area contributed by atoms with Crippen molar-refractivity contribution < 1.29 is 14.3 Å². The van der Waals surface area contributed by atoms with Crippen LogP contribution < -0.4 is 10.1 Å². The van der Waals surface area contributed by atoms with Crippen molar-refractivity contribution in [3.8, 4) is 5.75 Å². The van der Waals surface area contributed by atoms with Crippen molar-refractivity contribution in [3.63, 3.8) is 0 Å². The molecule has 0 atom stereocenters. The second-order valence-corrected chi connectivity index (χ2v) is 8.85. The molecule has 0 radical (unpaired) electrons. The van der Waals surface area contributed by atoms with Crippen LogP contribution in [0.25, 0.3) is 0 Å². The molecule has 1 aliphatic rings. The molecule has 0 aliphatic carbocycles. The van der Waals surface area contributed by atoms with E-state index in [4.69, 9.17) is 16.3 Å². The SMILES string of the molecule is CCOc1ccccc1C(=O)N1CCC(c2nnc(C(=O)Nc3cccc(Cl)c3)s2)CC1. The minimum Gasteiger partial charge on any atom is -0.493 e. The first-order valence-corrected chi connectivity index (χ1v) is 11.7. The zero-order valence-electron chi connectivity index (χ0n) is 17.6. The lowest BCUT2D eigenvalue weighted by molar-refractivity contribution is 0.0708. The minimum atomic E-state index is -0.309. The van der Waals surface area contributed by atoms with Gasteiger partial charge in [-0.25, -0.2) is 0 Å². The predicted octanol–water partition coefficient (Wildman–Crippen LogP) is 4.86. The maximum atomic E-state index is 13.0. The van der Waals surface area contributed by atoms with Crippen LogP contribution in [-0.4, -0.2) is 46.6 Å². The molecule has 2 heterocycles. The second kappa shape index (κ2) is 10.1. The van der Waals surface area contributed by atoms with E-state index in [0.29, 0.717) is 46.7 Å². The van der Waals surface area contributed by atoms with Gasteiger partial charge in [-0.2, -0.15) is 0 Å². The van der Waals surface area contributed by atoms with Crippen molar-refractivity contribution in [1.82, 2.24) is 15.1 Å². The third-order valence-electron chi connectivity index (χ3n) is 5.27. The van der Waals surface area contributed by atoms with Crippen LogP contribution in [0.15, 0.2) is 48.5 Å². The number of aromatic nitrogens is 2. The van der Waals surface area contributed by atoms with E-state index in [-0.39, 0.29) is 17.7 Å². The third-order valence-corrected chi connectivity index (χ3v) is 6.59. The fourth-order valence-electron chi connectivity index (χ4n) is 3.67. The zero-order valence-corrected chi connectivity index (χ0v) is 19.2. The van der Waals surface area contributed by atoms with E-state index < -0.39 is 0 Å². The van der Waals surface area contributed by atoms with Gasteiger partial charge in [0.2, 0.25) is 5.01 Å². The number of piperidine rings is 1. The summed E-state index contributed by atoms with van der Waals surface area (Å²) >= 11 is 7.26. The Hall–Kier alpha value is -2.97. The van der Waals surface area contributed by atoms with Gasteiger partial charge in [0, 0.05) is 29.7 Å². The summed E-state index contributed by atoms with van der Waals surface area (Å²) in [7, 11) is 0. The summed E-state index contributed by atoms with van der Waals surface area (Å²) in [6.07, 6.45) is 1.54. The highest BCUT2D eigenvalue weighted by Crippen LogP contribution is 2.32. The number of carbonyl (C=O) groups is 2. The van der Waals surface area contributed by atoms with Crippen LogP contribution in [0.1, 0.15) is 50.9 Å². The van der Waals surface area contributed by atoms with Crippen molar-refractivity contribution in [3.05, 3.63) is 69.1 Å². The Bertz CT molecular complexity index is 1110. The Labute approximate surface area is 195 Å². The van der Waals surface area contributed by atoms with Gasteiger partial charge in [-0.3, -0.25) is 9.59 Å². The van der Waals surface area contributed by atoms with E-state index in [1.807, 2.05) is 30.0 Å². The first kappa shape index (κ1) is 22.2. The van der Waals surface area contributed by atoms with Crippen molar-refractivity contribution in [2.24, 2.45) is 0 Å². The Morgan fingerprint density at radius 2 is 1.94 bits per heavy atom. The summed E-state index contributed by atoms with van der Waals surface area (Å²) < 4.78 is 5.60. The van der Waals surface area contributed by atoms with Crippen LogP contribution in [0, 0.1) is 0 Å². The molecule has 9 heteroatoms. The van der Waals surface area contributed by atoms with Gasteiger partial charge in [-0.05, 0) is 50.1 Å². The largest absolute Gasteiger partial charge is 0.493 e. The van der Waals surface area contributed by atoms with Crippen LogP contribution in [0.5, 0.6) is 5.75 Å². The number of ether oxygens (including phenoxy) is 1. The monoisotopic (exact) mass is 470 g/mol. The lowest BCUT2D eigenvalue weighted by Gasteiger charge is -2.31. The van der Waals surface area contributed by atoms with Gasteiger partial charge in [0.15, 0.2) is 0 Å². The number of benzene rings is 2. The Kier molecular flexibility index (Phi) is 7.02. The van der Waals surface area contributed by atoms with Gasteiger partial charge < -0.3 is 15.0 Å². The molecule has 32 heavy (non-hydrogen) atoms. The van der Waals surface area contributed by atoms with Crippen LogP contribution in [0.4, 0.5) is 5.69 Å². The second-order valence-electron chi connectivity index (χ2n) is 7.41. The molecule has 166 valence electrons. The van der Waals surface area contributed by atoms with E-state index >= 15 is 0 Å². The number of nitrogens with zero attached hydrogens (tertiary/aromatic N) is 3. The van der Waals surface area contributed by atoms with Crippen LogP contribution >= 0.6 is 22.9 Å². The molecule has 2 aromatic carbocycles. The number of rotatable bonds is 6. The number of likely N-dealkylation sites (tertiary alicyclic amines) is 1. The van der Waals surface area contributed by atoms with E-state index in [9.17, 15) is 9.59 Å². The minimum absolute atomic E-state index is 0.0219. The molecule has 0 unspecified atom stereocenters. The van der Waals surface area contributed by atoms with Crippen molar-refractivity contribution in [2.75, 3.05) is 25.0 Å². The molecule has 1 aliphatic heterocycles. The number of anilines is 1. The molecular formula is C23H23ClN4O3S. The summed E-state index contributed by atoms with van der Waals surface area (Å²) in [6, 6.07) is 14.3. The van der Waals surface area contributed by atoms with Crippen LogP contribution in [0.2, 0.25) is 5.02 Å². The summed E-state index contributed by atoms with van der Waals surface area (Å²) in [5.41, 5.74) is 1.20. The standard InChI is InChI=1S/C23H23ClN4O3S/c1-2-31-19-9-4-3-8-18(19)23(30)28-12-10-15(11-13-28)21-26-27-22(32-21)20(29)25-17-7-5-6-16(24)14-17/h3-9,14-15H,2,10-13H2,1H3,(H,25,29). The van der Waals surface area contributed by atoms with Gasteiger partial charge in [0.25, 0.3) is 11.8 Å². The molecule has 7 nitrogen and oxygen atoms in total. The van der Waals surface area contributed by atoms with Gasteiger partial charge in [0.05, 0.1) is 12.2 Å². The smallest absolute Gasteiger partial charge is 0.286 e. The fraction of sp³-hybridized carbons (Fsp3) is 0.304. The van der Waals surface area contributed by atoms with E-state index in [2.05, 4.69) is 15.5 Å². The molecular weight excluding hydrogens is 448 g/mol. The summed E-state index contributed by atoms with van der Waals surface area (Å²) in [4.78, 5) is 27.3. The zero-order chi connectivity index (χ0) is 22.5. The first-order chi connectivity index (χ1) is 15.5. The van der Waals surface area contributed by atoms with Crippen molar-refractivity contribution in [2.45, 2.75) is 25.7 Å². The molecule has 3 aromatic rings. The molecule has 1 saturated heterocycles. The van der Waals surface area contributed by atoms with Crippen molar-refractivity contribution >= 4 is 40.4 Å². The van der Waals surface area contributed by atoms with Gasteiger partial charge in [-0.1, -0.05) is 41.1 Å². The normalized spacial score (nSPS) is 14.2. The number of nitrogens with one attached hydrogen (secondary N) is 1. The summed E-state index contributed by atoms with van der Waals surface area (Å²) in [5, 5.41) is 12.8. The third kappa shape index (κ3) is 5.08. The number of carbonyl (C=O) groups excluding carboxylic acids is 2. The Morgan fingerprint density at radius 3 is 2.69 bits per heavy atom. The average Bonchev–Trinajstić information content (AvgIpc) is 3.30. The molecule has 1 fully saturated rings. The number of halogens is 1. The number of para-hydroxylation sites is 1. The Balaban J connectivity index is 1.36. The van der Waals surface area contributed by atoms with Gasteiger partial charge in [0.1, 0.15) is 10.8 Å². The van der Waals surface area contributed by atoms with E-state index in [1.165, 1.54) is 11.3 Å². The lowest BCUT2D eigenvalue weighted by Crippen LogP contribution is -2.38. The predicted molar refractivity (Wildman–Crippen MR) is 125 cm³/mol. The highest BCUT2D eigenvalue weighted by Gasteiger charge is 2.28. The lowest BCUT2D eigenvalue weighted by atomic mass is 9.97. The maximum Gasteiger partial charge on any atom is 0.286 e. The summed E-state index contributed by atoms with van der Waals surface area (Å²) in [5.74, 6) is 0.454. The van der Waals surface area contributed by atoms with Gasteiger partial charge >= 0.3 is 0 Å². The van der Waals surface area contributed by atoms with E-state index in [0.717, 1.165) is 17.8 Å². The van der Waals surface area contributed by atoms with Crippen LogP contribution in [-0.2, 0) is 0 Å². The highest BCUT2D eigenvalue weighted by molar-refractivity contribution is 7.13. The molecule has 1 aromatic heterocycles. The first-order valence-electron chi connectivity index (χ1n) is 10.5. The van der Waals surface area contributed by atoms with Crippen molar-refractivity contribution in [1.29, 1.82) is 0 Å². The van der Waals surface area contributed by atoms with Crippen LogP contribution in [0.3, 0.4) is 0 Å². The summed E-state index contributed by atoms with van der Waals surface area (Å²) in [6.45, 7) is 3.65. The number of hydrogen-bond donors (Lipinski definition) is 1. The molecule has 0 spiro atoms. The molecule has 0 saturated carbocycles. The molecule has 1 N–H and O–H groups in total. The van der Waals surface area contributed by atoms with E-state index in [1.54, 1.807) is 30.3 Å². The maximum absolute atomic E-state index is 13.0. The topological polar surface area (TPSA) is 84.4 Å². The average molecular weight is 471 g/mol. The molecule has 0 bridgehead atoms. The fourth-order valence-corrected chi connectivity index (χ4v) is 4.76. The number of hydrogen-bond acceptors (Lipinski definition) is 6. The highest BCUT2D eigenvalue weighted by atomic mass is 35.5. The Morgan fingerprint density at radius 1 is 1.16 bits per heavy atom. The number of amides is 2. The molecule has 2 amide bonds. The molecule has 4 rings (SSSR count). The van der Waals surface area contributed by atoms with Gasteiger partial charge in [-0.15, -0.1) is 10.2 Å².